The van der Waals surface area contributed by atoms with E-state index in [1.807, 2.05) is 0 Å². The van der Waals surface area contributed by atoms with Gasteiger partial charge in [0, 0.05) is 18.8 Å². The van der Waals surface area contributed by atoms with Crippen LogP contribution in [0.2, 0.25) is 0 Å². The summed E-state index contributed by atoms with van der Waals surface area (Å²) in [6.45, 7) is 7.13. The smallest absolute Gasteiger partial charge is 0.274 e. The molecule has 0 amide bonds. The van der Waals surface area contributed by atoms with E-state index in [1.54, 1.807) is 0 Å². The number of nitrogens with one attached hydrogen (secondary N) is 1. The molecule has 5 heteroatoms. The van der Waals surface area contributed by atoms with Gasteiger partial charge in [-0.25, -0.2) is 4.98 Å². The molecular formula is C11H17N3O2. The van der Waals surface area contributed by atoms with E-state index in [9.17, 15) is 10.1 Å². The Bertz CT molecular complexity index is 377. The van der Waals surface area contributed by atoms with Crippen LogP contribution in [0.15, 0.2) is 18.3 Å². The third-order valence-electron chi connectivity index (χ3n) is 2.66. The minimum atomic E-state index is -0.419. The van der Waals surface area contributed by atoms with Gasteiger partial charge in [0.2, 0.25) is 0 Å². The highest BCUT2D eigenvalue weighted by Gasteiger charge is 2.15. The molecule has 0 spiro atoms. The lowest BCUT2D eigenvalue weighted by Gasteiger charge is -2.22. The third-order valence-corrected chi connectivity index (χ3v) is 2.66. The number of nitrogens with zero attached hydrogens (tertiary/aromatic N) is 2. The first-order valence-corrected chi connectivity index (χ1v) is 5.29. The van der Waals surface area contributed by atoms with E-state index in [0.29, 0.717) is 5.82 Å². The summed E-state index contributed by atoms with van der Waals surface area (Å²) < 4.78 is 0. The van der Waals surface area contributed by atoms with Crippen molar-refractivity contribution in [2.45, 2.75) is 27.2 Å². The Morgan fingerprint density at radius 1 is 1.56 bits per heavy atom. The summed E-state index contributed by atoms with van der Waals surface area (Å²) in [5.74, 6) is 0.552. The molecule has 0 atom stereocenters. The van der Waals surface area contributed by atoms with Crippen molar-refractivity contribution in [3.63, 3.8) is 0 Å². The summed E-state index contributed by atoms with van der Waals surface area (Å²) in [6, 6.07) is 2.84. The molecule has 0 unspecified atom stereocenters. The van der Waals surface area contributed by atoms with Gasteiger partial charge in [-0.3, -0.25) is 10.1 Å². The maximum absolute atomic E-state index is 10.6. The first-order chi connectivity index (χ1) is 7.44. The molecule has 1 aromatic heterocycles. The maximum Gasteiger partial charge on any atom is 0.274 e. The quantitative estimate of drug-likeness (QED) is 0.615. The van der Waals surface area contributed by atoms with Gasteiger partial charge in [-0.05, 0) is 11.8 Å². The molecule has 16 heavy (non-hydrogen) atoms. The van der Waals surface area contributed by atoms with Crippen molar-refractivity contribution in [3.8, 4) is 0 Å². The van der Waals surface area contributed by atoms with Gasteiger partial charge in [0.15, 0.2) is 0 Å². The molecule has 1 aromatic rings. The fourth-order valence-corrected chi connectivity index (χ4v) is 1.08. The van der Waals surface area contributed by atoms with Crippen molar-refractivity contribution in [1.82, 2.24) is 4.98 Å². The lowest BCUT2D eigenvalue weighted by Crippen LogP contribution is -2.22. The molecule has 88 valence electrons. The first kappa shape index (κ1) is 12.4. The lowest BCUT2D eigenvalue weighted by atomic mass is 9.90. The van der Waals surface area contributed by atoms with Crippen molar-refractivity contribution in [2.24, 2.45) is 5.41 Å². The van der Waals surface area contributed by atoms with Crippen LogP contribution in [0.3, 0.4) is 0 Å². The number of anilines is 1. The Morgan fingerprint density at radius 2 is 2.25 bits per heavy atom. The second-order valence-corrected chi connectivity index (χ2v) is 4.53. The Balaban J connectivity index is 2.68. The van der Waals surface area contributed by atoms with Crippen LogP contribution in [-0.4, -0.2) is 16.5 Å². The van der Waals surface area contributed by atoms with E-state index < -0.39 is 4.92 Å². The largest absolute Gasteiger partial charge is 0.369 e. The Kier molecular flexibility index (Phi) is 3.82. The minimum Gasteiger partial charge on any atom is -0.369 e. The third kappa shape index (κ3) is 3.49. The van der Waals surface area contributed by atoms with Crippen LogP contribution >= 0.6 is 0 Å². The van der Waals surface area contributed by atoms with Crippen LogP contribution in [0.5, 0.6) is 0 Å². The van der Waals surface area contributed by atoms with Crippen LogP contribution in [0.25, 0.3) is 0 Å². The Labute approximate surface area is 95.0 Å². The molecule has 0 saturated carbocycles. The number of rotatable bonds is 5. The SMILES string of the molecule is CCC(C)(C)CNc1cc([N+](=O)[O-])ccn1. The van der Waals surface area contributed by atoms with Crippen molar-refractivity contribution in [1.29, 1.82) is 0 Å². The molecule has 0 saturated heterocycles. The highest BCUT2D eigenvalue weighted by Crippen LogP contribution is 2.21. The molecule has 1 heterocycles. The van der Waals surface area contributed by atoms with E-state index in [0.717, 1.165) is 13.0 Å². The van der Waals surface area contributed by atoms with E-state index >= 15 is 0 Å². The molecule has 0 aliphatic heterocycles. The summed E-state index contributed by atoms with van der Waals surface area (Å²) in [4.78, 5) is 14.2. The summed E-state index contributed by atoms with van der Waals surface area (Å²) in [5.41, 5.74) is 0.221. The monoisotopic (exact) mass is 223 g/mol. The van der Waals surface area contributed by atoms with Gasteiger partial charge in [-0.15, -0.1) is 0 Å². The van der Waals surface area contributed by atoms with Gasteiger partial charge >= 0.3 is 0 Å². The van der Waals surface area contributed by atoms with Gasteiger partial charge in [-0.2, -0.15) is 0 Å². The van der Waals surface area contributed by atoms with Gasteiger partial charge in [0.05, 0.1) is 11.0 Å². The molecule has 0 radical (unpaired) electrons. The van der Waals surface area contributed by atoms with Gasteiger partial charge < -0.3 is 5.32 Å². The zero-order chi connectivity index (χ0) is 12.2. The average molecular weight is 223 g/mol. The van der Waals surface area contributed by atoms with E-state index in [2.05, 4.69) is 31.1 Å². The number of hydrogen-bond acceptors (Lipinski definition) is 4. The predicted octanol–water partition coefficient (Wildman–Crippen LogP) is 2.84. The van der Waals surface area contributed by atoms with Crippen LogP contribution < -0.4 is 5.32 Å². The molecule has 0 aliphatic rings. The average Bonchev–Trinajstić information content (AvgIpc) is 2.27. The van der Waals surface area contributed by atoms with Gasteiger partial charge in [0.1, 0.15) is 5.82 Å². The number of nitro groups is 1. The normalized spacial score (nSPS) is 11.2. The maximum atomic E-state index is 10.6. The minimum absolute atomic E-state index is 0.0619. The molecular weight excluding hydrogens is 206 g/mol. The van der Waals surface area contributed by atoms with Crippen LogP contribution in [0.4, 0.5) is 11.5 Å². The number of hydrogen-bond donors (Lipinski definition) is 1. The molecule has 0 bridgehead atoms. The molecule has 1 N–H and O–H groups in total. The highest BCUT2D eigenvalue weighted by molar-refractivity contribution is 5.44. The fourth-order valence-electron chi connectivity index (χ4n) is 1.08. The standard InChI is InChI=1S/C11H17N3O2/c1-4-11(2,3)8-13-10-7-9(14(15)16)5-6-12-10/h5-7H,4,8H2,1-3H3,(H,12,13). The number of pyridine rings is 1. The molecule has 5 nitrogen and oxygen atoms in total. The summed E-state index contributed by atoms with van der Waals surface area (Å²) in [5, 5.41) is 13.7. The van der Waals surface area contributed by atoms with Gasteiger partial charge in [0.25, 0.3) is 5.69 Å². The second kappa shape index (κ2) is 4.92. The molecule has 1 rings (SSSR count). The topological polar surface area (TPSA) is 68.1 Å². The molecule has 0 aromatic carbocycles. The predicted molar refractivity (Wildman–Crippen MR) is 63.5 cm³/mol. The van der Waals surface area contributed by atoms with E-state index in [4.69, 9.17) is 0 Å². The zero-order valence-electron chi connectivity index (χ0n) is 9.86. The van der Waals surface area contributed by atoms with E-state index in [-0.39, 0.29) is 11.1 Å². The Hall–Kier alpha value is -1.65. The lowest BCUT2D eigenvalue weighted by molar-refractivity contribution is -0.384. The number of aromatic nitrogens is 1. The Morgan fingerprint density at radius 3 is 2.81 bits per heavy atom. The van der Waals surface area contributed by atoms with Crippen molar-refractivity contribution in [2.75, 3.05) is 11.9 Å². The molecule has 0 fully saturated rings. The summed E-state index contributed by atoms with van der Waals surface area (Å²) >= 11 is 0. The first-order valence-electron chi connectivity index (χ1n) is 5.29. The molecule has 0 aliphatic carbocycles. The van der Waals surface area contributed by atoms with Crippen LogP contribution in [0.1, 0.15) is 27.2 Å². The van der Waals surface area contributed by atoms with Crippen molar-refractivity contribution in [3.05, 3.63) is 28.4 Å². The van der Waals surface area contributed by atoms with Crippen molar-refractivity contribution < 1.29 is 4.92 Å². The van der Waals surface area contributed by atoms with Crippen molar-refractivity contribution >= 4 is 11.5 Å². The second-order valence-electron chi connectivity index (χ2n) is 4.53. The van der Waals surface area contributed by atoms with E-state index in [1.165, 1.54) is 18.3 Å². The zero-order valence-corrected chi connectivity index (χ0v) is 9.86. The van der Waals surface area contributed by atoms with Crippen LogP contribution in [0, 0.1) is 15.5 Å². The van der Waals surface area contributed by atoms with Gasteiger partial charge in [-0.1, -0.05) is 20.8 Å². The summed E-state index contributed by atoms with van der Waals surface area (Å²) in [7, 11) is 0. The fraction of sp³-hybridized carbons (Fsp3) is 0.545. The summed E-state index contributed by atoms with van der Waals surface area (Å²) in [6.07, 6.45) is 2.48. The van der Waals surface area contributed by atoms with Crippen LogP contribution in [-0.2, 0) is 0 Å². The highest BCUT2D eigenvalue weighted by atomic mass is 16.6.